The second kappa shape index (κ2) is 6.74. The van der Waals surface area contributed by atoms with E-state index in [-0.39, 0.29) is 6.04 Å². The van der Waals surface area contributed by atoms with E-state index in [1.165, 1.54) is 5.56 Å². The fourth-order valence-electron chi connectivity index (χ4n) is 1.94. The Morgan fingerprint density at radius 2 is 1.65 bits per heavy atom. The molecule has 3 heteroatoms. The minimum Gasteiger partial charge on any atom is -0.489 e. The zero-order chi connectivity index (χ0) is 14.4. The number of hydrogen-bond acceptors (Lipinski definition) is 3. The highest BCUT2D eigenvalue weighted by molar-refractivity contribution is 5.32. The van der Waals surface area contributed by atoms with Crippen LogP contribution in [0.15, 0.2) is 48.5 Å². The molecule has 1 unspecified atom stereocenters. The zero-order valence-corrected chi connectivity index (χ0v) is 11.5. The number of hydrogen-bond donors (Lipinski definition) is 1. The molecule has 0 amide bonds. The highest BCUT2D eigenvalue weighted by Crippen LogP contribution is 2.15. The van der Waals surface area contributed by atoms with Crippen LogP contribution in [0.25, 0.3) is 0 Å². The van der Waals surface area contributed by atoms with Gasteiger partial charge in [-0.2, -0.15) is 5.26 Å². The normalized spacial score (nSPS) is 11.7. The molecule has 0 aliphatic rings. The molecule has 0 saturated carbocycles. The fourth-order valence-corrected chi connectivity index (χ4v) is 1.94. The molecule has 2 N–H and O–H groups in total. The van der Waals surface area contributed by atoms with E-state index in [0.29, 0.717) is 12.2 Å². The van der Waals surface area contributed by atoms with Crippen LogP contribution in [0.2, 0.25) is 0 Å². The lowest BCUT2D eigenvalue weighted by Gasteiger charge is -2.08. The van der Waals surface area contributed by atoms with E-state index in [2.05, 4.69) is 6.07 Å². The largest absolute Gasteiger partial charge is 0.489 e. The summed E-state index contributed by atoms with van der Waals surface area (Å²) in [6.45, 7) is 2.49. The first-order valence-corrected chi connectivity index (χ1v) is 6.64. The van der Waals surface area contributed by atoms with Gasteiger partial charge in [-0.15, -0.1) is 0 Å². The third-order valence-corrected chi connectivity index (χ3v) is 2.97. The SMILES string of the molecule is CC(N)Cc1ccc(OCc2ccc(C#N)cc2)cc1. The van der Waals surface area contributed by atoms with Gasteiger partial charge >= 0.3 is 0 Å². The van der Waals surface area contributed by atoms with Gasteiger partial charge in [-0.3, -0.25) is 0 Å². The maximum absolute atomic E-state index is 8.73. The standard InChI is InChI=1S/C17H18N2O/c1-13(19)10-14-6-8-17(9-7-14)20-12-16-4-2-15(11-18)3-5-16/h2-9,13H,10,12,19H2,1H3. The summed E-state index contributed by atoms with van der Waals surface area (Å²) < 4.78 is 5.71. The van der Waals surface area contributed by atoms with Crippen molar-refractivity contribution in [3.05, 3.63) is 65.2 Å². The first-order valence-electron chi connectivity index (χ1n) is 6.64. The van der Waals surface area contributed by atoms with E-state index in [4.69, 9.17) is 15.7 Å². The van der Waals surface area contributed by atoms with Crippen LogP contribution in [-0.2, 0) is 13.0 Å². The minimum atomic E-state index is 0.167. The molecule has 0 spiro atoms. The van der Waals surface area contributed by atoms with Gasteiger partial charge in [-0.25, -0.2) is 0 Å². The summed E-state index contributed by atoms with van der Waals surface area (Å²) in [4.78, 5) is 0. The Kier molecular flexibility index (Phi) is 4.75. The van der Waals surface area contributed by atoms with E-state index < -0.39 is 0 Å². The predicted molar refractivity (Wildman–Crippen MR) is 79.3 cm³/mol. The summed E-state index contributed by atoms with van der Waals surface area (Å²) in [5.41, 5.74) is 8.69. The second-order valence-corrected chi connectivity index (χ2v) is 4.92. The van der Waals surface area contributed by atoms with Crippen LogP contribution >= 0.6 is 0 Å². The van der Waals surface area contributed by atoms with Gasteiger partial charge in [0.15, 0.2) is 0 Å². The number of nitriles is 1. The number of nitrogens with zero attached hydrogens (tertiary/aromatic N) is 1. The minimum absolute atomic E-state index is 0.167. The Morgan fingerprint density at radius 3 is 2.20 bits per heavy atom. The van der Waals surface area contributed by atoms with Crippen molar-refractivity contribution in [2.24, 2.45) is 5.73 Å². The lowest BCUT2D eigenvalue weighted by Crippen LogP contribution is -2.17. The molecule has 0 fully saturated rings. The van der Waals surface area contributed by atoms with E-state index in [9.17, 15) is 0 Å². The van der Waals surface area contributed by atoms with Gasteiger partial charge in [0.25, 0.3) is 0 Å². The van der Waals surface area contributed by atoms with Crippen molar-refractivity contribution >= 4 is 0 Å². The van der Waals surface area contributed by atoms with Gasteiger partial charge < -0.3 is 10.5 Å². The number of nitrogens with two attached hydrogens (primary N) is 1. The maximum Gasteiger partial charge on any atom is 0.119 e. The van der Waals surface area contributed by atoms with Crippen molar-refractivity contribution in [3.8, 4) is 11.8 Å². The number of benzene rings is 2. The Labute approximate surface area is 119 Å². The van der Waals surface area contributed by atoms with Crippen LogP contribution in [-0.4, -0.2) is 6.04 Å². The Hall–Kier alpha value is -2.31. The van der Waals surface area contributed by atoms with Gasteiger partial charge in [-0.05, 0) is 48.7 Å². The van der Waals surface area contributed by atoms with E-state index in [0.717, 1.165) is 17.7 Å². The monoisotopic (exact) mass is 266 g/mol. The molecule has 1 atom stereocenters. The van der Waals surface area contributed by atoms with Crippen molar-refractivity contribution in [1.82, 2.24) is 0 Å². The van der Waals surface area contributed by atoms with Crippen molar-refractivity contribution in [2.75, 3.05) is 0 Å². The lowest BCUT2D eigenvalue weighted by molar-refractivity contribution is 0.306. The van der Waals surface area contributed by atoms with Crippen LogP contribution in [0.5, 0.6) is 5.75 Å². The molecule has 0 aliphatic carbocycles. The predicted octanol–water partition coefficient (Wildman–Crippen LogP) is 3.03. The van der Waals surface area contributed by atoms with Crippen LogP contribution in [0.1, 0.15) is 23.6 Å². The molecule has 2 rings (SSSR count). The Balaban J connectivity index is 1.91. The summed E-state index contributed by atoms with van der Waals surface area (Å²) in [5.74, 6) is 0.836. The third kappa shape index (κ3) is 4.11. The average Bonchev–Trinajstić information content (AvgIpc) is 2.46. The molecule has 2 aromatic rings. The van der Waals surface area contributed by atoms with Gasteiger partial charge in [-0.1, -0.05) is 24.3 Å². The summed E-state index contributed by atoms with van der Waals surface area (Å²) >= 11 is 0. The van der Waals surface area contributed by atoms with E-state index >= 15 is 0 Å². The highest BCUT2D eigenvalue weighted by Gasteiger charge is 2.00. The molecule has 102 valence electrons. The zero-order valence-electron chi connectivity index (χ0n) is 11.5. The number of ether oxygens (including phenoxy) is 1. The van der Waals surface area contributed by atoms with Gasteiger partial charge in [0.2, 0.25) is 0 Å². The van der Waals surface area contributed by atoms with Crippen LogP contribution in [0.4, 0.5) is 0 Å². The average molecular weight is 266 g/mol. The second-order valence-electron chi connectivity index (χ2n) is 4.92. The Bertz CT molecular complexity index is 580. The van der Waals surface area contributed by atoms with Crippen LogP contribution < -0.4 is 10.5 Å². The van der Waals surface area contributed by atoms with Gasteiger partial charge in [0.1, 0.15) is 12.4 Å². The summed E-state index contributed by atoms with van der Waals surface area (Å²) in [6.07, 6.45) is 0.871. The molecule has 2 aromatic carbocycles. The quantitative estimate of drug-likeness (QED) is 0.905. The van der Waals surface area contributed by atoms with E-state index in [1.54, 1.807) is 12.1 Å². The van der Waals surface area contributed by atoms with Gasteiger partial charge in [0.05, 0.1) is 11.6 Å². The number of rotatable bonds is 5. The third-order valence-electron chi connectivity index (χ3n) is 2.97. The first kappa shape index (κ1) is 14.1. The first-order chi connectivity index (χ1) is 9.67. The Morgan fingerprint density at radius 1 is 1.05 bits per heavy atom. The molecule has 0 radical (unpaired) electrons. The topological polar surface area (TPSA) is 59.0 Å². The summed E-state index contributed by atoms with van der Waals surface area (Å²) in [5, 5.41) is 8.73. The molecular weight excluding hydrogens is 248 g/mol. The molecule has 20 heavy (non-hydrogen) atoms. The van der Waals surface area contributed by atoms with Crippen molar-refractivity contribution in [1.29, 1.82) is 5.26 Å². The molecule has 0 saturated heterocycles. The molecule has 0 aromatic heterocycles. The fraction of sp³-hybridized carbons (Fsp3) is 0.235. The van der Waals surface area contributed by atoms with E-state index in [1.807, 2.05) is 43.3 Å². The molecule has 0 heterocycles. The lowest BCUT2D eigenvalue weighted by atomic mass is 10.1. The van der Waals surface area contributed by atoms with Crippen molar-refractivity contribution < 1.29 is 4.74 Å². The molecular formula is C17H18N2O. The van der Waals surface area contributed by atoms with Crippen LogP contribution in [0.3, 0.4) is 0 Å². The summed E-state index contributed by atoms with van der Waals surface area (Å²) in [7, 11) is 0. The molecule has 0 bridgehead atoms. The highest BCUT2D eigenvalue weighted by atomic mass is 16.5. The molecule has 0 aliphatic heterocycles. The smallest absolute Gasteiger partial charge is 0.119 e. The maximum atomic E-state index is 8.73. The van der Waals surface area contributed by atoms with Crippen molar-refractivity contribution in [2.45, 2.75) is 26.0 Å². The van der Waals surface area contributed by atoms with Crippen molar-refractivity contribution in [3.63, 3.8) is 0 Å². The summed E-state index contributed by atoms with van der Waals surface area (Å²) in [6, 6.07) is 17.7. The molecule has 3 nitrogen and oxygen atoms in total. The van der Waals surface area contributed by atoms with Crippen LogP contribution in [0, 0.1) is 11.3 Å². The van der Waals surface area contributed by atoms with Gasteiger partial charge in [0, 0.05) is 6.04 Å².